The second-order valence-electron chi connectivity index (χ2n) is 5.19. The van der Waals surface area contributed by atoms with Gasteiger partial charge in [0, 0.05) is 11.6 Å². The van der Waals surface area contributed by atoms with E-state index in [9.17, 15) is 9.59 Å². The van der Waals surface area contributed by atoms with Crippen LogP contribution < -0.4 is 5.32 Å². The molecule has 1 amide bonds. The Bertz CT molecular complexity index is 985. The predicted molar refractivity (Wildman–Crippen MR) is 94.3 cm³/mol. The molecule has 0 spiro atoms. The maximum Gasteiger partial charge on any atom is 0.341 e. The van der Waals surface area contributed by atoms with Crippen LogP contribution in [0.1, 0.15) is 22.8 Å². The Morgan fingerprint density at radius 2 is 2.08 bits per heavy atom. The van der Waals surface area contributed by atoms with Gasteiger partial charge in [0.25, 0.3) is 5.91 Å². The summed E-state index contributed by atoms with van der Waals surface area (Å²) in [7, 11) is 0. The lowest BCUT2D eigenvalue weighted by atomic mass is 10.1. The van der Waals surface area contributed by atoms with E-state index < -0.39 is 18.0 Å². The van der Waals surface area contributed by atoms with Gasteiger partial charge in [0.1, 0.15) is 11.1 Å². The molecule has 25 heavy (non-hydrogen) atoms. The average molecular weight is 351 g/mol. The molecule has 7 heteroatoms. The van der Waals surface area contributed by atoms with Crippen molar-refractivity contribution in [1.29, 1.82) is 5.26 Å². The maximum absolute atomic E-state index is 12.4. The fraction of sp³-hybridized carbons (Fsp3) is 0.111. The van der Waals surface area contributed by atoms with Crippen molar-refractivity contribution < 1.29 is 14.3 Å². The summed E-state index contributed by atoms with van der Waals surface area (Å²) in [6.45, 7) is 1.48. The van der Waals surface area contributed by atoms with E-state index in [1.165, 1.54) is 18.3 Å². The quantitative estimate of drug-likeness (QED) is 0.728. The highest BCUT2D eigenvalue weighted by Gasteiger charge is 2.21. The molecule has 3 rings (SSSR count). The van der Waals surface area contributed by atoms with Crippen LogP contribution in [0.25, 0.3) is 10.9 Å². The lowest BCUT2D eigenvalue weighted by molar-refractivity contribution is -0.123. The van der Waals surface area contributed by atoms with Crippen molar-refractivity contribution in [3.8, 4) is 6.07 Å². The number of carbonyl (C=O) groups is 2. The molecular formula is C18H13N3O3S. The molecule has 0 unspecified atom stereocenters. The topological polar surface area (TPSA) is 92.1 Å². The number of nitrogens with one attached hydrogen (secondary N) is 1. The number of ether oxygens (including phenoxy) is 1. The molecule has 6 nitrogen and oxygen atoms in total. The van der Waals surface area contributed by atoms with Gasteiger partial charge in [-0.25, -0.2) is 4.79 Å². The molecule has 2 aromatic heterocycles. The Hall–Kier alpha value is -3.24. The Balaban J connectivity index is 1.74. The standard InChI is InChI=1S/C18H13N3O3S/c1-11(16(22)21-17-13(10-19)7-9-25-17)24-18(23)14-6-2-4-12-5-3-8-20-15(12)14/h2-9,11H,1H3,(H,21,22)/t11-/m1/s1. The van der Waals surface area contributed by atoms with Gasteiger partial charge in [-0.15, -0.1) is 11.3 Å². The first-order chi connectivity index (χ1) is 12.1. The molecular weight excluding hydrogens is 338 g/mol. The minimum Gasteiger partial charge on any atom is -0.449 e. The van der Waals surface area contributed by atoms with Gasteiger partial charge in [-0.3, -0.25) is 9.78 Å². The van der Waals surface area contributed by atoms with Gasteiger partial charge in [0.15, 0.2) is 6.10 Å². The zero-order valence-corrected chi connectivity index (χ0v) is 14.0. The minimum absolute atomic E-state index is 0.298. The van der Waals surface area contributed by atoms with Gasteiger partial charge >= 0.3 is 5.97 Å². The van der Waals surface area contributed by atoms with Crippen molar-refractivity contribution in [2.75, 3.05) is 5.32 Å². The number of fused-ring (bicyclic) bond motifs is 1. The zero-order chi connectivity index (χ0) is 17.8. The number of esters is 1. The van der Waals surface area contributed by atoms with Crippen LogP contribution in [0.2, 0.25) is 0 Å². The summed E-state index contributed by atoms with van der Waals surface area (Å²) in [6.07, 6.45) is 0.579. The van der Waals surface area contributed by atoms with Crippen molar-refractivity contribution in [3.63, 3.8) is 0 Å². The molecule has 0 fully saturated rings. The number of anilines is 1. The molecule has 0 saturated carbocycles. The number of hydrogen-bond donors (Lipinski definition) is 1. The smallest absolute Gasteiger partial charge is 0.341 e. The van der Waals surface area contributed by atoms with Crippen molar-refractivity contribution in [2.24, 2.45) is 0 Å². The molecule has 1 atom stereocenters. The number of rotatable bonds is 4. The number of amides is 1. The number of aromatic nitrogens is 1. The van der Waals surface area contributed by atoms with Crippen LogP contribution in [0.15, 0.2) is 48.0 Å². The van der Waals surface area contributed by atoms with Crippen LogP contribution in [-0.2, 0) is 9.53 Å². The second-order valence-corrected chi connectivity index (χ2v) is 6.11. The van der Waals surface area contributed by atoms with Gasteiger partial charge in [0.2, 0.25) is 0 Å². The molecule has 0 aliphatic rings. The number of nitriles is 1. The molecule has 2 heterocycles. The number of nitrogens with zero attached hydrogens (tertiary/aromatic N) is 2. The maximum atomic E-state index is 12.4. The Kier molecular flexibility index (Phi) is 4.73. The average Bonchev–Trinajstić information content (AvgIpc) is 3.08. The SMILES string of the molecule is C[C@@H](OC(=O)c1cccc2cccnc12)C(=O)Nc1sccc1C#N. The second kappa shape index (κ2) is 7.11. The number of benzene rings is 1. The van der Waals surface area contributed by atoms with E-state index in [2.05, 4.69) is 10.3 Å². The minimum atomic E-state index is -1.01. The Labute approximate surface area is 147 Å². The summed E-state index contributed by atoms with van der Waals surface area (Å²) < 4.78 is 5.26. The van der Waals surface area contributed by atoms with Crippen molar-refractivity contribution in [2.45, 2.75) is 13.0 Å². The monoisotopic (exact) mass is 351 g/mol. The third kappa shape index (κ3) is 3.49. The fourth-order valence-corrected chi connectivity index (χ4v) is 2.99. The molecule has 0 radical (unpaired) electrons. The lowest BCUT2D eigenvalue weighted by Gasteiger charge is -2.13. The van der Waals surface area contributed by atoms with E-state index >= 15 is 0 Å². The van der Waals surface area contributed by atoms with Crippen LogP contribution in [0.3, 0.4) is 0 Å². The normalized spacial score (nSPS) is 11.5. The van der Waals surface area contributed by atoms with Crippen molar-refractivity contribution in [3.05, 3.63) is 59.1 Å². The molecule has 0 aliphatic carbocycles. The highest BCUT2D eigenvalue weighted by atomic mass is 32.1. The van der Waals surface area contributed by atoms with Gasteiger partial charge in [-0.2, -0.15) is 5.26 Å². The summed E-state index contributed by atoms with van der Waals surface area (Å²) in [4.78, 5) is 28.8. The fourth-order valence-electron chi connectivity index (χ4n) is 2.25. The highest BCUT2D eigenvalue weighted by molar-refractivity contribution is 7.14. The van der Waals surface area contributed by atoms with Gasteiger partial charge in [0.05, 0.1) is 16.6 Å². The van der Waals surface area contributed by atoms with Gasteiger partial charge < -0.3 is 10.1 Å². The van der Waals surface area contributed by atoms with Crippen LogP contribution in [-0.4, -0.2) is 23.0 Å². The lowest BCUT2D eigenvalue weighted by Crippen LogP contribution is -2.30. The Morgan fingerprint density at radius 3 is 2.88 bits per heavy atom. The van der Waals surface area contributed by atoms with Gasteiger partial charge in [-0.05, 0) is 30.5 Å². The predicted octanol–water partition coefficient (Wildman–Crippen LogP) is 3.35. The number of pyridine rings is 1. The first kappa shape index (κ1) is 16.6. The first-order valence-electron chi connectivity index (χ1n) is 7.43. The van der Waals surface area contributed by atoms with E-state index in [1.807, 2.05) is 18.2 Å². The zero-order valence-electron chi connectivity index (χ0n) is 13.2. The number of para-hydroxylation sites is 1. The molecule has 1 aromatic carbocycles. The van der Waals surface area contributed by atoms with E-state index in [1.54, 1.807) is 35.8 Å². The molecule has 3 aromatic rings. The number of thiophene rings is 1. The van der Waals surface area contributed by atoms with E-state index in [-0.39, 0.29) is 0 Å². The molecule has 0 aliphatic heterocycles. The molecule has 0 bridgehead atoms. The summed E-state index contributed by atoms with van der Waals surface area (Å²) in [5.74, 6) is -1.13. The third-order valence-corrected chi connectivity index (χ3v) is 4.36. The first-order valence-corrected chi connectivity index (χ1v) is 8.31. The number of hydrogen-bond acceptors (Lipinski definition) is 6. The number of carbonyl (C=O) groups excluding carboxylic acids is 2. The van der Waals surface area contributed by atoms with Crippen molar-refractivity contribution >= 4 is 39.1 Å². The van der Waals surface area contributed by atoms with Crippen molar-refractivity contribution in [1.82, 2.24) is 4.98 Å². The third-order valence-electron chi connectivity index (χ3n) is 3.53. The highest BCUT2D eigenvalue weighted by Crippen LogP contribution is 2.23. The van der Waals surface area contributed by atoms with E-state index in [4.69, 9.17) is 10.00 Å². The van der Waals surface area contributed by atoms with Crippen LogP contribution in [0.5, 0.6) is 0 Å². The van der Waals surface area contributed by atoms with E-state index in [0.717, 1.165) is 5.39 Å². The molecule has 0 saturated heterocycles. The summed E-state index contributed by atoms with van der Waals surface area (Å²) in [6, 6.07) is 12.4. The largest absolute Gasteiger partial charge is 0.449 e. The summed E-state index contributed by atoms with van der Waals surface area (Å²) in [5, 5.41) is 14.5. The Morgan fingerprint density at radius 1 is 1.28 bits per heavy atom. The summed E-state index contributed by atoms with van der Waals surface area (Å²) >= 11 is 1.23. The van der Waals surface area contributed by atoms with Crippen LogP contribution >= 0.6 is 11.3 Å². The molecule has 124 valence electrons. The van der Waals surface area contributed by atoms with Crippen LogP contribution in [0, 0.1) is 11.3 Å². The molecule has 1 N–H and O–H groups in total. The summed E-state index contributed by atoms with van der Waals surface area (Å²) in [5.41, 5.74) is 1.19. The van der Waals surface area contributed by atoms with E-state index in [0.29, 0.717) is 21.6 Å². The van der Waals surface area contributed by atoms with Gasteiger partial charge in [-0.1, -0.05) is 18.2 Å². The van der Waals surface area contributed by atoms with Crippen LogP contribution in [0.4, 0.5) is 5.00 Å².